The largest absolute Gasteiger partial charge is 0.464 e. The standard InChI is InChI=1S/C18H22N2O5S/c1-4-24-16(22)13-18(2,3)26-15-12(14(21)20(13)15)19-17(23)25-10-11-8-6-5-7-9-11/h5-9,12-13,15H,4,10H2,1-3H3,(H,19,23)/t12?,13-,15+/m0/s1. The third-order valence-electron chi connectivity index (χ3n) is 4.44. The second-order valence-electron chi connectivity index (χ2n) is 6.70. The number of amides is 2. The quantitative estimate of drug-likeness (QED) is 0.622. The SMILES string of the molecule is CCOC(=O)[C@@H]1N2C(=O)C(NC(=O)OCc3ccccc3)[C@H]2SC1(C)C. The molecule has 7 nitrogen and oxygen atoms in total. The maximum atomic E-state index is 12.5. The van der Waals surface area contributed by atoms with Gasteiger partial charge in [-0.15, -0.1) is 11.8 Å². The molecule has 26 heavy (non-hydrogen) atoms. The third kappa shape index (κ3) is 3.38. The average Bonchev–Trinajstić information content (AvgIpc) is 2.87. The van der Waals surface area contributed by atoms with Gasteiger partial charge in [-0.05, 0) is 26.3 Å². The molecule has 2 heterocycles. The number of esters is 1. The summed E-state index contributed by atoms with van der Waals surface area (Å²) in [4.78, 5) is 38.3. The Morgan fingerprint density at radius 2 is 1.92 bits per heavy atom. The Labute approximate surface area is 156 Å². The van der Waals surface area contributed by atoms with Crippen LogP contribution < -0.4 is 5.32 Å². The Morgan fingerprint density at radius 1 is 1.23 bits per heavy atom. The monoisotopic (exact) mass is 378 g/mol. The molecule has 0 spiro atoms. The molecule has 2 aliphatic rings. The normalized spacial score (nSPS) is 25.9. The zero-order chi connectivity index (χ0) is 18.9. The van der Waals surface area contributed by atoms with Crippen LogP contribution in [0.3, 0.4) is 0 Å². The lowest BCUT2D eigenvalue weighted by molar-refractivity contribution is -0.163. The molecule has 1 aromatic carbocycles. The highest BCUT2D eigenvalue weighted by atomic mass is 32.2. The summed E-state index contributed by atoms with van der Waals surface area (Å²) in [6, 6.07) is 7.95. The molecule has 2 saturated heterocycles. The minimum atomic E-state index is -0.693. The molecule has 3 atom stereocenters. The first-order valence-corrected chi connectivity index (χ1v) is 9.37. The summed E-state index contributed by atoms with van der Waals surface area (Å²) in [6.45, 7) is 5.92. The second-order valence-corrected chi connectivity index (χ2v) is 8.47. The number of carbonyl (C=O) groups excluding carboxylic acids is 3. The van der Waals surface area contributed by atoms with E-state index in [-0.39, 0.29) is 24.5 Å². The van der Waals surface area contributed by atoms with Gasteiger partial charge in [0.1, 0.15) is 24.1 Å². The third-order valence-corrected chi connectivity index (χ3v) is 6.01. The molecule has 0 aromatic heterocycles. The summed E-state index contributed by atoms with van der Waals surface area (Å²) in [5.41, 5.74) is 0.864. The molecule has 1 aromatic rings. The number of nitrogens with one attached hydrogen (secondary N) is 1. The number of hydrogen-bond acceptors (Lipinski definition) is 6. The fraction of sp³-hybridized carbons (Fsp3) is 0.500. The Kier molecular flexibility index (Phi) is 5.13. The Bertz CT molecular complexity index is 709. The molecule has 3 rings (SSSR count). The van der Waals surface area contributed by atoms with Gasteiger partial charge in [-0.25, -0.2) is 9.59 Å². The number of β-lactam (4-membered cyclic amide) rings is 1. The zero-order valence-electron chi connectivity index (χ0n) is 14.9. The van der Waals surface area contributed by atoms with E-state index < -0.39 is 28.9 Å². The predicted molar refractivity (Wildman–Crippen MR) is 96.3 cm³/mol. The molecule has 1 unspecified atom stereocenters. The number of carbonyl (C=O) groups is 3. The fourth-order valence-electron chi connectivity index (χ4n) is 3.24. The van der Waals surface area contributed by atoms with Crippen LogP contribution in [0.4, 0.5) is 4.79 Å². The maximum Gasteiger partial charge on any atom is 0.408 e. The van der Waals surface area contributed by atoms with Gasteiger partial charge < -0.3 is 19.7 Å². The van der Waals surface area contributed by atoms with Crippen LogP contribution in [0.5, 0.6) is 0 Å². The number of fused-ring (bicyclic) bond motifs is 1. The van der Waals surface area contributed by atoms with Crippen molar-refractivity contribution in [2.45, 2.75) is 49.6 Å². The Balaban J connectivity index is 1.59. The van der Waals surface area contributed by atoms with E-state index in [9.17, 15) is 14.4 Å². The molecular formula is C18H22N2O5S. The lowest BCUT2D eigenvalue weighted by atomic mass is 9.96. The van der Waals surface area contributed by atoms with Crippen molar-refractivity contribution in [3.63, 3.8) is 0 Å². The number of ether oxygens (including phenoxy) is 2. The van der Waals surface area contributed by atoms with Crippen molar-refractivity contribution in [1.82, 2.24) is 10.2 Å². The molecule has 2 aliphatic heterocycles. The number of hydrogen-bond donors (Lipinski definition) is 1. The molecule has 2 amide bonds. The van der Waals surface area contributed by atoms with E-state index in [1.54, 1.807) is 6.92 Å². The van der Waals surface area contributed by atoms with E-state index in [1.165, 1.54) is 16.7 Å². The van der Waals surface area contributed by atoms with E-state index in [1.807, 2.05) is 44.2 Å². The summed E-state index contributed by atoms with van der Waals surface area (Å²) in [5.74, 6) is -0.700. The minimum Gasteiger partial charge on any atom is -0.464 e. The van der Waals surface area contributed by atoms with Crippen LogP contribution in [0.15, 0.2) is 30.3 Å². The lowest BCUT2D eigenvalue weighted by Gasteiger charge is -2.43. The molecule has 140 valence electrons. The molecule has 8 heteroatoms. The number of rotatable bonds is 5. The van der Waals surface area contributed by atoms with Crippen LogP contribution in [0.1, 0.15) is 26.3 Å². The average molecular weight is 378 g/mol. The number of alkyl carbamates (subject to hydrolysis) is 1. The summed E-state index contributed by atoms with van der Waals surface area (Å²) in [6.07, 6.45) is -0.648. The van der Waals surface area contributed by atoms with Gasteiger partial charge in [0.25, 0.3) is 0 Å². The van der Waals surface area contributed by atoms with Crippen LogP contribution in [-0.4, -0.2) is 51.7 Å². The van der Waals surface area contributed by atoms with Crippen LogP contribution in [-0.2, 0) is 25.7 Å². The molecular weight excluding hydrogens is 356 g/mol. The number of benzene rings is 1. The first-order valence-electron chi connectivity index (χ1n) is 8.49. The van der Waals surface area contributed by atoms with Crippen molar-refractivity contribution in [2.24, 2.45) is 0 Å². The van der Waals surface area contributed by atoms with E-state index >= 15 is 0 Å². The fourth-order valence-corrected chi connectivity index (χ4v) is 4.86. The van der Waals surface area contributed by atoms with Crippen molar-refractivity contribution in [3.8, 4) is 0 Å². The van der Waals surface area contributed by atoms with E-state index in [0.29, 0.717) is 0 Å². The van der Waals surface area contributed by atoms with Crippen LogP contribution in [0, 0.1) is 0 Å². The van der Waals surface area contributed by atoms with Gasteiger partial charge in [-0.1, -0.05) is 30.3 Å². The molecule has 2 fully saturated rings. The smallest absolute Gasteiger partial charge is 0.408 e. The van der Waals surface area contributed by atoms with Gasteiger partial charge in [0, 0.05) is 4.75 Å². The van der Waals surface area contributed by atoms with Crippen molar-refractivity contribution < 1.29 is 23.9 Å². The molecule has 0 saturated carbocycles. The highest BCUT2D eigenvalue weighted by Gasteiger charge is 2.64. The van der Waals surface area contributed by atoms with E-state index in [2.05, 4.69) is 5.32 Å². The number of thioether (sulfide) groups is 1. The van der Waals surface area contributed by atoms with Crippen molar-refractivity contribution in [2.75, 3.05) is 6.61 Å². The van der Waals surface area contributed by atoms with Gasteiger partial charge in [-0.2, -0.15) is 0 Å². The zero-order valence-corrected chi connectivity index (χ0v) is 15.7. The van der Waals surface area contributed by atoms with Gasteiger partial charge >= 0.3 is 12.1 Å². The lowest BCUT2D eigenvalue weighted by Crippen LogP contribution is -2.70. The van der Waals surface area contributed by atoms with Crippen LogP contribution in [0.2, 0.25) is 0 Å². The molecule has 0 radical (unpaired) electrons. The first kappa shape index (κ1) is 18.6. The minimum absolute atomic E-state index is 0.131. The van der Waals surface area contributed by atoms with Crippen LogP contribution >= 0.6 is 11.8 Å². The van der Waals surface area contributed by atoms with Crippen LogP contribution in [0.25, 0.3) is 0 Å². The van der Waals surface area contributed by atoms with Gasteiger partial charge in [0.15, 0.2) is 0 Å². The first-order chi connectivity index (χ1) is 12.3. The van der Waals surface area contributed by atoms with Crippen molar-refractivity contribution in [3.05, 3.63) is 35.9 Å². The predicted octanol–water partition coefficient (Wildman–Crippen LogP) is 1.91. The van der Waals surface area contributed by atoms with Gasteiger partial charge in [0.2, 0.25) is 5.91 Å². The van der Waals surface area contributed by atoms with E-state index in [4.69, 9.17) is 9.47 Å². The van der Waals surface area contributed by atoms with Gasteiger partial charge in [0.05, 0.1) is 6.61 Å². The molecule has 0 bridgehead atoms. The summed E-state index contributed by atoms with van der Waals surface area (Å²) in [7, 11) is 0. The van der Waals surface area contributed by atoms with Gasteiger partial charge in [-0.3, -0.25) is 4.79 Å². The van der Waals surface area contributed by atoms with Crippen molar-refractivity contribution >= 4 is 29.7 Å². The topological polar surface area (TPSA) is 84.9 Å². The highest BCUT2D eigenvalue weighted by Crippen LogP contribution is 2.51. The Hall–Kier alpha value is -2.22. The second kappa shape index (κ2) is 7.19. The summed E-state index contributed by atoms with van der Waals surface area (Å²) >= 11 is 1.48. The maximum absolute atomic E-state index is 12.5. The van der Waals surface area contributed by atoms with E-state index in [0.717, 1.165) is 5.56 Å². The number of nitrogens with zero attached hydrogens (tertiary/aromatic N) is 1. The molecule has 1 N–H and O–H groups in total. The van der Waals surface area contributed by atoms with Crippen molar-refractivity contribution in [1.29, 1.82) is 0 Å². The molecule has 0 aliphatic carbocycles. The highest BCUT2D eigenvalue weighted by molar-refractivity contribution is 8.01. The summed E-state index contributed by atoms with van der Waals surface area (Å²) < 4.78 is 9.79. The summed E-state index contributed by atoms with van der Waals surface area (Å²) in [5, 5.41) is 2.32. The Morgan fingerprint density at radius 3 is 2.58 bits per heavy atom.